The monoisotopic (exact) mass is 282 g/mol. The van der Waals surface area contributed by atoms with Gasteiger partial charge in [0.25, 0.3) is 0 Å². The van der Waals surface area contributed by atoms with Crippen molar-refractivity contribution in [3.63, 3.8) is 0 Å². The molecule has 0 saturated heterocycles. The standard InChI is InChI=1S/C15H23FN2O2/c1-12(11-17-2)15(19)18(3)9-4-10-20-14-7-5-13(16)6-8-14/h5-8,12,17H,4,9-11H2,1-3H3. The van der Waals surface area contributed by atoms with Crippen LogP contribution in [-0.2, 0) is 4.79 Å². The molecule has 0 saturated carbocycles. The van der Waals surface area contributed by atoms with Crippen molar-refractivity contribution >= 4 is 5.91 Å². The minimum Gasteiger partial charge on any atom is -0.494 e. The molecule has 0 aromatic heterocycles. The Morgan fingerprint density at radius 1 is 1.40 bits per heavy atom. The molecule has 0 heterocycles. The van der Waals surface area contributed by atoms with E-state index in [2.05, 4.69) is 5.32 Å². The number of hydrogen-bond donors (Lipinski definition) is 1. The van der Waals surface area contributed by atoms with E-state index in [-0.39, 0.29) is 17.6 Å². The average Bonchev–Trinajstić information content (AvgIpc) is 2.44. The molecule has 1 N–H and O–H groups in total. The molecule has 0 radical (unpaired) electrons. The number of nitrogens with zero attached hydrogens (tertiary/aromatic N) is 1. The van der Waals surface area contributed by atoms with Gasteiger partial charge in [0.1, 0.15) is 11.6 Å². The average molecular weight is 282 g/mol. The normalized spacial score (nSPS) is 12.0. The van der Waals surface area contributed by atoms with E-state index in [4.69, 9.17) is 4.74 Å². The van der Waals surface area contributed by atoms with Gasteiger partial charge < -0.3 is 15.0 Å². The second-order valence-corrected chi connectivity index (χ2v) is 4.87. The molecule has 1 amide bonds. The molecule has 112 valence electrons. The summed E-state index contributed by atoms with van der Waals surface area (Å²) in [5, 5.41) is 2.99. The lowest BCUT2D eigenvalue weighted by Gasteiger charge is -2.21. The third-order valence-corrected chi connectivity index (χ3v) is 3.03. The van der Waals surface area contributed by atoms with E-state index >= 15 is 0 Å². The zero-order valence-corrected chi connectivity index (χ0v) is 12.4. The number of ether oxygens (including phenoxy) is 1. The van der Waals surface area contributed by atoms with E-state index in [9.17, 15) is 9.18 Å². The second kappa shape index (κ2) is 8.53. The SMILES string of the molecule is CNCC(C)C(=O)N(C)CCCOc1ccc(F)cc1. The number of benzene rings is 1. The molecule has 0 spiro atoms. The molecule has 5 heteroatoms. The molecule has 1 unspecified atom stereocenters. The highest BCUT2D eigenvalue weighted by atomic mass is 19.1. The van der Waals surface area contributed by atoms with Gasteiger partial charge in [-0.2, -0.15) is 0 Å². The van der Waals surface area contributed by atoms with Gasteiger partial charge in [-0.15, -0.1) is 0 Å². The largest absolute Gasteiger partial charge is 0.494 e. The van der Waals surface area contributed by atoms with Crippen molar-refractivity contribution in [3.05, 3.63) is 30.1 Å². The number of rotatable bonds is 8. The van der Waals surface area contributed by atoms with E-state index in [0.717, 1.165) is 6.42 Å². The zero-order valence-electron chi connectivity index (χ0n) is 12.4. The lowest BCUT2D eigenvalue weighted by atomic mass is 10.1. The molecule has 20 heavy (non-hydrogen) atoms. The van der Waals surface area contributed by atoms with Gasteiger partial charge in [0.15, 0.2) is 0 Å². The van der Waals surface area contributed by atoms with Crippen LogP contribution in [0.4, 0.5) is 4.39 Å². The Hall–Kier alpha value is -1.62. The minimum absolute atomic E-state index is 0.0250. The van der Waals surface area contributed by atoms with Crippen LogP contribution in [0.1, 0.15) is 13.3 Å². The highest BCUT2D eigenvalue weighted by Gasteiger charge is 2.15. The summed E-state index contributed by atoms with van der Waals surface area (Å²) in [5.74, 6) is 0.467. The van der Waals surface area contributed by atoms with Gasteiger partial charge in [-0.25, -0.2) is 4.39 Å². The summed E-state index contributed by atoms with van der Waals surface area (Å²) in [4.78, 5) is 13.7. The summed E-state index contributed by atoms with van der Waals surface area (Å²) < 4.78 is 18.2. The van der Waals surface area contributed by atoms with E-state index in [1.165, 1.54) is 12.1 Å². The van der Waals surface area contributed by atoms with E-state index in [1.807, 2.05) is 14.0 Å². The number of amides is 1. The number of hydrogen-bond acceptors (Lipinski definition) is 3. The van der Waals surface area contributed by atoms with Crippen LogP contribution in [0.2, 0.25) is 0 Å². The van der Waals surface area contributed by atoms with Gasteiger partial charge in [-0.1, -0.05) is 6.92 Å². The Morgan fingerprint density at radius 3 is 2.65 bits per heavy atom. The first-order valence-electron chi connectivity index (χ1n) is 6.82. The molecule has 1 atom stereocenters. The fraction of sp³-hybridized carbons (Fsp3) is 0.533. The van der Waals surface area contributed by atoms with Crippen molar-refractivity contribution in [2.24, 2.45) is 5.92 Å². The molecule has 0 fully saturated rings. The molecule has 0 aliphatic heterocycles. The van der Waals surface area contributed by atoms with Crippen LogP contribution >= 0.6 is 0 Å². The van der Waals surface area contributed by atoms with Gasteiger partial charge in [0.05, 0.1) is 6.61 Å². The summed E-state index contributed by atoms with van der Waals surface area (Å²) in [7, 11) is 3.63. The number of carbonyl (C=O) groups excluding carboxylic acids is 1. The molecule has 0 bridgehead atoms. The van der Waals surface area contributed by atoms with Crippen molar-refractivity contribution in [3.8, 4) is 5.75 Å². The van der Waals surface area contributed by atoms with Crippen LogP contribution in [0, 0.1) is 11.7 Å². The maximum atomic E-state index is 12.7. The number of carbonyl (C=O) groups is 1. The number of nitrogens with one attached hydrogen (secondary N) is 1. The predicted octanol–water partition coefficient (Wildman–Crippen LogP) is 1.91. The predicted molar refractivity (Wildman–Crippen MR) is 77.2 cm³/mol. The first-order valence-corrected chi connectivity index (χ1v) is 6.82. The zero-order chi connectivity index (χ0) is 15.0. The van der Waals surface area contributed by atoms with Crippen LogP contribution in [0.3, 0.4) is 0 Å². The first kappa shape index (κ1) is 16.4. The van der Waals surface area contributed by atoms with Crippen LogP contribution < -0.4 is 10.1 Å². The Morgan fingerprint density at radius 2 is 2.05 bits per heavy atom. The van der Waals surface area contributed by atoms with Gasteiger partial charge in [0, 0.05) is 26.1 Å². The topological polar surface area (TPSA) is 41.6 Å². The van der Waals surface area contributed by atoms with Crippen molar-refractivity contribution in [1.29, 1.82) is 0 Å². The molecule has 4 nitrogen and oxygen atoms in total. The Balaban J connectivity index is 2.23. The first-order chi connectivity index (χ1) is 9.54. The third kappa shape index (κ3) is 5.57. The fourth-order valence-electron chi connectivity index (χ4n) is 1.90. The highest BCUT2D eigenvalue weighted by molar-refractivity contribution is 5.78. The van der Waals surface area contributed by atoms with Crippen molar-refractivity contribution in [2.45, 2.75) is 13.3 Å². The Bertz CT molecular complexity index is 409. The smallest absolute Gasteiger partial charge is 0.226 e. The maximum Gasteiger partial charge on any atom is 0.226 e. The number of halogens is 1. The molecular weight excluding hydrogens is 259 g/mol. The molecule has 1 rings (SSSR count). The van der Waals surface area contributed by atoms with Crippen LogP contribution in [0.25, 0.3) is 0 Å². The quantitative estimate of drug-likeness (QED) is 0.741. The Labute approximate surface area is 119 Å². The molecule has 1 aromatic carbocycles. The van der Waals surface area contributed by atoms with E-state index < -0.39 is 0 Å². The van der Waals surface area contributed by atoms with Crippen LogP contribution in [0.5, 0.6) is 5.75 Å². The van der Waals surface area contributed by atoms with E-state index in [1.54, 1.807) is 24.1 Å². The lowest BCUT2D eigenvalue weighted by molar-refractivity contribution is -0.133. The minimum atomic E-state index is -0.277. The highest BCUT2D eigenvalue weighted by Crippen LogP contribution is 2.11. The van der Waals surface area contributed by atoms with Crippen molar-refractivity contribution in [1.82, 2.24) is 10.2 Å². The summed E-state index contributed by atoms with van der Waals surface area (Å²) >= 11 is 0. The lowest BCUT2D eigenvalue weighted by Crippen LogP contribution is -2.36. The maximum absolute atomic E-state index is 12.7. The van der Waals surface area contributed by atoms with Crippen LogP contribution in [0.15, 0.2) is 24.3 Å². The van der Waals surface area contributed by atoms with Gasteiger partial charge in [-0.3, -0.25) is 4.79 Å². The van der Waals surface area contributed by atoms with Gasteiger partial charge >= 0.3 is 0 Å². The molecule has 1 aromatic rings. The van der Waals surface area contributed by atoms with E-state index in [0.29, 0.717) is 25.4 Å². The van der Waals surface area contributed by atoms with Gasteiger partial charge in [0.2, 0.25) is 5.91 Å². The van der Waals surface area contributed by atoms with Gasteiger partial charge in [-0.05, 0) is 37.7 Å². The fourth-order valence-corrected chi connectivity index (χ4v) is 1.90. The summed E-state index contributed by atoms with van der Waals surface area (Å²) in [5.41, 5.74) is 0. The summed E-state index contributed by atoms with van der Waals surface area (Å²) in [6.45, 7) is 3.73. The molecular formula is C15H23FN2O2. The van der Waals surface area contributed by atoms with Crippen molar-refractivity contribution in [2.75, 3.05) is 33.8 Å². The molecule has 0 aliphatic carbocycles. The summed E-state index contributed by atoms with van der Waals surface area (Å²) in [6, 6.07) is 5.92. The third-order valence-electron chi connectivity index (χ3n) is 3.03. The molecule has 0 aliphatic rings. The Kier molecular flexibility index (Phi) is 7.01. The second-order valence-electron chi connectivity index (χ2n) is 4.87. The summed E-state index contributed by atoms with van der Waals surface area (Å²) in [6.07, 6.45) is 0.742. The van der Waals surface area contributed by atoms with Crippen molar-refractivity contribution < 1.29 is 13.9 Å². The van der Waals surface area contributed by atoms with Crippen LogP contribution in [-0.4, -0.2) is 44.6 Å².